The van der Waals surface area contributed by atoms with Crippen molar-refractivity contribution in [2.24, 2.45) is 4.99 Å². The van der Waals surface area contributed by atoms with Gasteiger partial charge in [0.15, 0.2) is 0 Å². The average Bonchev–Trinajstić information content (AvgIpc) is 2.92. The van der Waals surface area contributed by atoms with E-state index in [2.05, 4.69) is 4.99 Å². The summed E-state index contributed by atoms with van der Waals surface area (Å²) in [6, 6.07) is 29.1. The van der Waals surface area contributed by atoms with Gasteiger partial charge in [-0.1, -0.05) is 54.6 Å². The van der Waals surface area contributed by atoms with Crippen LogP contribution in [-0.4, -0.2) is 30.3 Å². The first-order valence-corrected chi connectivity index (χ1v) is 14.4. The Kier molecular flexibility index (Phi) is 7.53. The predicted molar refractivity (Wildman–Crippen MR) is 145 cm³/mol. The van der Waals surface area contributed by atoms with Gasteiger partial charge in [-0.3, -0.25) is 0 Å². The molecular formula is C28H18N3NaO6S2. The second-order valence-corrected chi connectivity index (χ2v) is 11.4. The third kappa shape index (κ3) is 5.27. The second kappa shape index (κ2) is 10.8. The molecule has 0 saturated carbocycles. The van der Waals surface area contributed by atoms with Crippen LogP contribution in [0.3, 0.4) is 0 Å². The summed E-state index contributed by atoms with van der Waals surface area (Å²) in [5.74, 6) is 0.151. The summed E-state index contributed by atoms with van der Waals surface area (Å²) in [6.45, 7) is 0. The van der Waals surface area contributed by atoms with Crippen LogP contribution in [0.2, 0.25) is 0 Å². The van der Waals surface area contributed by atoms with E-state index in [0.29, 0.717) is 38.5 Å². The fourth-order valence-electron chi connectivity index (χ4n) is 4.37. The Bertz CT molecular complexity index is 2130. The molecule has 0 amide bonds. The topological polar surface area (TPSA) is 131 Å². The van der Waals surface area contributed by atoms with Gasteiger partial charge in [-0.05, 0) is 54.6 Å². The van der Waals surface area contributed by atoms with Gasteiger partial charge in [0.1, 0.15) is 15.9 Å². The van der Waals surface area contributed by atoms with E-state index >= 15 is 0 Å². The minimum Gasteiger partial charge on any atom is -0.744 e. The summed E-state index contributed by atoms with van der Waals surface area (Å²) < 4.78 is 68.1. The molecule has 0 N–H and O–H groups in total. The van der Waals surface area contributed by atoms with Crippen LogP contribution in [0.15, 0.2) is 119 Å². The van der Waals surface area contributed by atoms with Gasteiger partial charge < -0.3 is 8.74 Å². The molecule has 2 aliphatic rings. The van der Waals surface area contributed by atoms with E-state index in [1.807, 2.05) is 24.3 Å². The first-order chi connectivity index (χ1) is 18.7. The zero-order valence-electron chi connectivity index (χ0n) is 21.0. The first-order valence-electron chi connectivity index (χ1n) is 11.6. The van der Waals surface area contributed by atoms with Gasteiger partial charge in [-0.25, -0.2) is 22.4 Å². The van der Waals surface area contributed by atoms with E-state index in [9.17, 15) is 21.4 Å². The molecule has 6 rings (SSSR count). The summed E-state index contributed by atoms with van der Waals surface area (Å²) in [5, 5.41) is 1.76. The van der Waals surface area contributed by atoms with E-state index < -0.39 is 20.4 Å². The van der Waals surface area contributed by atoms with Crippen molar-refractivity contribution in [3.05, 3.63) is 115 Å². The Morgan fingerprint density at radius 1 is 0.750 bits per heavy atom. The van der Waals surface area contributed by atoms with Crippen LogP contribution in [0.5, 0.6) is 5.75 Å². The van der Waals surface area contributed by atoms with Gasteiger partial charge in [-0.15, -0.1) is 0 Å². The van der Waals surface area contributed by atoms with Crippen LogP contribution < -0.4 is 39.1 Å². The number of benzene rings is 5. The molecule has 12 heteroatoms. The monoisotopic (exact) mass is 579 g/mol. The fraction of sp³-hybridized carbons (Fsp3) is 0. The SMILES string of the molecule is O=S(=O)([O-])c1ccc(N=c2cc3n(S(=O)(=O)Oc4ccccc4)c4ccccc4nc-3c3ccccc23)cc1.[Na+]. The molecule has 40 heavy (non-hydrogen) atoms. The quantitative estimate of drug-likeness (QED) is 0.131. The van der Waals surface area contributed by atoms with Crippen molar-refractivity contribution < 1.29 is 55.1 Å². The van der Waals surface area contributed by atoms with Crippen molar-refractivity contribution in [1.82, 2.24) is 8.96 Å². The minimum atomic E-state index is -4.61. The Morgan fingerprint density at radius 3 is 2.08 bits per heavy atom. The standard InChI is InChI=1S/C28H19N3O6S2.Na/c32-38(33,34)21-16-14-19(15-17-21)29-25-18-27-28(23-11-5-4-10-22(23)25)30-24-12-6-7-13-26(24)31(27)39(35,36)37-20-8-2-1-3-9-20;/h1-18H,(H,32,33,34);/q;+1/p-1. The normalized spacial score (nSPS) is 12.5. The van der Waals surface area contributed by atoms with Crippen LogP contribution in [-0.2, 0) is 20.4 Å². The molecule has 0 bridgehead atoms. The third-order valence-electron chi connectivity index (χ3n) is 6.07. The molecule has 1 heterocycles. The molecule has 9 nitrogen and oxygen atoms in total. The van der Waals surface area contributed by atoms with Crippen molar-refractivity contribution >= 4 is 47.9 Å². The zero-order chi connectivity index (χ0) is 27.2. The Hall–Kier alpha value is -3.58. The van der Waals surface area contributed by atoms with Gasteiger partial charge >= 0.3 is 39.9 Å². The molecule has 4 aromatic carbocycles. The number of hydrogen-bond donors (Lipinski definition) is 0. The summed E-state index contributed by atoms with van der Waals surface area (Å²) in [5.41, 5.74) is 1.80. The van der Waals surface area contributed by atoms with E-state index in [1.54, 1.807) is 60.7 Å². The average molecular weight is 580 g/mol. The number of nitrogens with zero attached hydrogens (tertiary/aromatic N) is 3. The molecule has 0 aromatic heterocycles. The summed E-state index contributed by atoms with van der Waals surface area (Å²) in [7, 11) is -9.02. The second-order valence-electron chi connectivity index (χ2n) is 8.59. The number of fused-ring (bicyclic) bond motifs is 4. The van der Waals surface area contributed by atoms with Crippen molar-refractivity contribution in [2.75, 3.05) is 0 Å². The van der Waals surface area contributed by atoms with Gasteiger partial charge in [0.25, 0.3) is 0 Å². The van der Waals surface area contributed by atoms with Crippen LogP contribution in [0, 0.1) is 0 Å². The van der Waals surface area contributed by atoms with E-state index in [1.165, 1.54) is 24.3 Å². The van der Waals surface area contributed by atoms with Crippen molar-refractivity contribution in [3.8, 4) is 17.1 Å². The van der Waals surface area contributed by atoms with Gasteiger partial charge in [0.2, 0.25) is 0 Å². The maximum Gasteiger partial charge on any atom is 1.00 e. The molecule has 0 spiro atoms. The van der Waals surface area contributed by atoms with Gasteiger partial charge in [0, 0.05) is 10.8 Å². The van der Waals surface area contributed by atoms with Gasteiger partial charge in [-0.2, -0.15) is 8.42 Å². The third-order valence-corrected chi connectivity index (χ3v) is 8.16. The van der Waals surface area contributed by atoms with Gasteiger partial charge in [0.05, 0.1) is 38.4 Å². The maximum atomic E-state index is 13.8. The predicted octanol–water partition coefficient (Wildman–Crippen LogP) is 1.61. The zero-order valence-corrected chi connectivity index (χ0v) is 24.6. The molecule has 0 unspecified atom stereocenters. The maximum absolute atomic E-state index is 13.8. The summed E-state index contributed by atoms with van der Waals surface area (Å²) in [4.78, 5) is 9.07. The van der Waals surface area contributed by atoms with Crippen molar-refractivity contribution in [1.29, 1.82) is 0 Å². The van der Waals surface area contributed by atoms with Crippen LogP contribution in [0.1, 0.15) is 0 Å². The summed E-state index contributed by atoms with van der Waals surface area (Å²) >= 11 is 0. The van der Waals surface area contributed by atoms with Crippen molar-refractivity contribution in [3.63, 3.8) is 0 Å². The fourth-order valence-corrected chi connectivity index (χ4v) is 6.05. The minimum absolute atomic E-state index is 0. The Morgan fingerprint density at radius 2 is 1.38 bits per heavy atom. The molecule has 4 aromatic rings. The number of para-hydroxylation sites is 3. The molecule has 0 fully saturated rings. The van der Waals surface area contributed by atoms with E-state index in [0.717, 1.165) is 3.97 Å². The molecule has 1 aliphatic heterocycles. The number of rotatable bonds is 5. The molecule has 0 saturated heterocycles. The number of hydrogen-bond acceptors (Lipinski definition) is 8. The van der Waals surface area contributed by atoms with Crippen LogP contribution >= 0.6 is 0 Å². The summed E-state index contributed by atoms with van der Waals surface area (Å²) in [6.07, 6.45) is 0. The largest absolute Gasteiger partial charge is 1.00 e. The van der Waals surface area contributed by atoms with E-state index in [4.69, 9.17) is 9.17 Å². The smallest absolute Gasteiger partial charge is 0.744 e. The Balaban J connectivity index is 0.00000323. The van der Waals surface area contributed by atoms with Crippen molar-refractivity contribution in [2.45, 2.75) is 4.90 Å². The Labute approximate surface area is 252 Å². The molecule has 194 valence electrons. The first kappa shape index (κ1) is 28.0. The molecule has 1 aliphatic carbocycles. The van der Waals surface area contributed by atoms with Crippen LogP contribution in [0.4, 0.5) is 5.69 Å². The number of aromatic nitrogens is 2. The van der Waals surface area contributed by atoms with E-state index in [-0.39, 0.29) is 45.9 Å². The molecule has 0 radical (unpaired) electrons. The van der Waals surface area contributed by atoms with Crippen LogP contribution in [0.25, 0.3) is 33.2 Å². The molecule has 0 atom stereocenters. The molecular weight excluding hydrogens is 561 g/mol.